The molecule has 0 aromatic rings. The van der Waals surface area contributed by atoms with E-state index in [1.807, 2.05) is 13.8 Å². The molecule has 1 aliphatic carbocycles. The summed E-state index contributed by atoms with van der Waals surface area (Å²) in [4.78, 5) is 68.6. The average Bonchev–Trinajstić information content (AvgIpc) is 3.38. The lowest BCUT2D eigenvalue weighted by Crippen LogP contribution is -2.50. The number of carbonyl (C=O) groups excluding carboxylic acids is 2. The van der Waals surface area contributed by atoms with Crippen molar-refractivity contribution in [3.05, 3.63) is 11.8 Å². The van der Waals surface area contributed by atoms with Crippen LogP contribution in [0.1, 0.15) is 52.9 Å². The molecular formula is C28H43N5O9S2. The van der Waals surface area contributed by atoms with Crippen molar-refractivity contribution in [2.24, 2.45) is 33.0 Å². The van der Waals surface area contributed by atoms with Crippen LogP contribution < -0.4 is 16.4 Å². The van der Waals surface area contributed by atoms with Gasteiger partial charge in [0.2, 0.25) is 11.8 Å². The van der Waals surface area contributed by atoms with Crippen LogP contribution in [-0.2, 0) is 24.0 Å². The number of nitrogens with two attached hydrogens (primary N) is 1. The van der Waals surface area contributed by atoms with Crippen molar-refractivity contribution in [1.29, 1.82) is 0 Å². The number of nitrogens with one attached hydrogen (secondary N) is 2. The van der Waals surface area contributed by atoms with Gasteiger partial charge in [-0.3, -0.25) is 19.6 Å². The molecule has 246 valence electrons. The molecule has 1 aliphatic heterocycles. The summed E-state index contributed by atoms with van der Waals surface area (Å²) in [6, 6.07) is -2.10. The lowest BCUT2D eigenvalue weighted by Gasteiger charge is -2.25. The fourth-order valence-corrected chi connectivity index (χ4v) is 7.00. The van der Waals surface area contributed by atoms with Crippen molar-refractivity contribution in [2.75, 3.05) is 23.8 Å². The van der Waals surface area contributed by atoms with Gasteiger partial charge in [-0.1, -0.05) is 19.9 Å². The number of allylic oxidation sites excluding steroid dienone is 1. The normalized spacial score (nSPS) is 23.0. The summed E-state index contributed by atoms with van der Waals surface area (Å²) in [6.07, 6.45) is 3.96. The number of aliphatic imine (C=N–C) groups is 2. The monoisotopic (exact) mass is 657 g/mol. The Bertz CT molecular complexity index is 1160. The Morgan fingerprint density at radius 3 is 2.39 bits per heavy atom. The summed E-state index contributed by atoms with van der Waals surface area (Å²) < 4.78 is 0. The number of carbonyl (C=O) groups is 5. The van der Waals surface area contributed by atoms with E-state index in [1.165, 1.54) is 36.5 Å². The number of hydrogen-bond acceptors (Lipinski definition) is 10. The van der Waals surface area contributed by atoms with Crippen LogP contribution in [0.5, 0.6) is 0 Å². The molecule has 44 heavy (non-hydrogen) atoms. The van der Waals surface area contributed by atoms with Crippen molar-refractivity contribution in [3.8, 4) is 0 Å². The summed E-state index contributed by atoms with van der Waals surface area (Å²) in [5, 5.41) is 43.5. The van der Waals surface area contributed by atoms with Crippen molar-refractivity contribution >= 4 is 65.3 Å². The molecule has 0 saturated heterocycles. The van der Waals surface area contributed by atoms with Crippen LogP contribution in [0.4, 0.5) is 0 Å². The van der Waals surface area contributed by atoms with E-state index in [0.29, 0.717) is 43.7 Å². The molecule has 1 unspecified atom stereocenters. The van der Waals surface area contributed by atoms with Gasteiger partial charge in [0, 0.05) is 24.0 Å². The zero-order chi connectivity index (χ0) is 33.0. The Balaban J connectivity index is 1.86. The smallest absolute Gasteiger partial charge is 0.352 e. The SMILES string of the molecule is C[C@@H](O)[C@@H](C(=O)N[C@@H](CSCCCC/C=C(\NC(=O)[C@H]1CC1(C)C)C(=O)O)C(=O)O)[C@H]1CC(SCCN=CN)C(C(=O)O)=N1. The first-order valence-corrected chi connectivity index (χ1v) is 16.6. The van der Waals surface area contributed by atoms with E-state index in [9.17, 15) is 44.4 Å². The Hall–Kier alpha value is -3.11. The van der Waals surface area contributed by atoms with Gasteiger partial charge in [-0.2, -0.15) is 11.8 Å². The highest BCUT2D eigenvalue weighted by Gasteiger charge is 2.50. The maximum atomic E-state index is 13.1. The zero-order valence-corrected chi connectivity index (χ0v) is 26.7. The van der Waals surface area contributed by atoms with E-state index < -0.39 is 53.2 Å². The minimum Gasteiger partial charge on any atom is -0.480 e. The number of aliphatic carboxylic acids is 3. The van der Waals surface area contributed by atoms with Crippen molar-refractivity contribution in [3.63, 3.8) is 0 Å². The standard InChI is InChI=1S/C28H43N5O9S2/c1-15(34)21(18-11-20(22(31-18)27(41)42)44-10-8-30-14-29)24(36)33-19(26(39)40)13-43-9-6-4-5-7-17(25(37)38)32-23(35)16-12-28(16,2)3/h7,14-16,18-21,34H,4-6,8-13H2,1-3H3,(H2,29,30)(H,32,35)(H,33,36)(H,37,38)(H,39,40)(H,41,42)/b17-7-/t15-,16-,18-,19+,20?,21-/m1/s1. The van der Waals surface area contributed by atoms with Gasteiger partial charge in [0.05, 0.1) is 29.7 Å². The first-order chi connectivity index (χ1) is 20.7. The number of thioether (sulfide) groups is 2. The molecule has 16 heteroatoms. The molecule has 0 aromatic carbocycles. The quantitative estimate of drug-likeness (QED) is 0.0419. The van der Waals surface area contributed by atoms with E-state index in [4.69, 9.17) is 5.73 Å². The van der Waals surface area contributed by atoms with Crippen molar-refractivity contribution in [1.82, 2.24) is 10.6 Å². The highest BCUT2D eigenvalue weighted by Crippen LogP contribution is 2.51. The number of carboxylic acids is 3. The number of amides is 2. The predicted molar refractivity (Wildman–Crippen MR) is 169 cm³/mol. The van der Waals surface area contributed by atoms with Crippen LogP contribution >= 0.6 is 23.5 Å². The third-order valence-electron chi connectivity index (χ3n) is 7.47. The lowest BCUT2D eigenvalue weighted by atomic mass is 9.91. The molecule has 0 radical (unpaired) electrons. The second-order valence-electron chi connectivity index (χ2n) is 11.4. The van der Waals surface area contributed by atoms with Gasteiger partial charge < -0.3 is 36.8 Å². The number of aliphatic hydroxyl groups excluding tert-OH is 1. The molecular weight excluding hydrogens is 614 g/mol. The van der Waals surface area contributed by atoms with Gasteiger partial charge in [0.15, 0.2) is 0 Å². The number of unbranched alkanes of at least 4 members (excludes halogenated alkanes) is 2. The number of aliphatic hydroxyl groups is 1. The zero-order valence-electron chi connectivity index (χ0n) is 25.1. The fraction of sp³-hybridized carbons (Fsp3) is 0.679. The average molecular weight is 658 g/mol. The summed E-state index contributed by atoms with van der Waals surface area (Å²) in [6.45, 7) is 5.66. The van der Waals surface area contributed by atoms with Crippen LogP contribution in [-0.4, -0.2) is 109 Å². The Morgan fingerprint density at radius 1 is 1.16 bits per heavy atom. The molecule has 6 atom stereocenters. The van der Waals surface area contributed by atoms with Crippen molar-refractivity contribution in [2.45, 2.75) is 76.3 Å². The fourth-order valence-electron chi connectivity index (χ4n) is 4.81. The first kappa shape index (κ1) is 37.1. The van der Waals surface area contributed by atoms with E-state index >= 15 is 0 Å². The molecule has 1 heterocycles. The van der Waals surface area contributed by atoms with Crippen LogP contribution in [0.2, 0.25) is 0 Å². The minimum atomic E-state index is -1.26. The molecule has 1 fully saturated rings. The van der Waals surface area contributed by atoms with E-state index in [2.05, 4.69) is 20.6 Å². The third kappa shape index (κ3) is 11.4. The molecule has 0 bridgehead atoms. The van der Waals surface area contributed by atoms with Gasteiger partial charge in [-0.15, -0.1) is 11.8 Å². The van der Waals surface area contributed by atoms with Crippen LogP contribution in [0.3, 0.4) is 0 Å². The van der Waals surface area contributed by atoms with Gasteiger partial charge >= 0.3 is 17.9 Å². The second kappa shape index (κ2) is 17.4. The molecule has 2 amide bonds. The van der Waals surface area contributed by atoms with E-state index in [-0.39, 0.29) is 40.8 Å². The number of rotatable bonds is 20. The molecule has 0 spiro atoms. The summed E-state index contributed by atoms with van der Waals surface area (Å²) >= 11 is 2.60. The maximum Gasteiger partial charge on any atom is 0.352 e. The summed E-state index contributed by atoms with van der Waals surface area (Å²) in [7, 11) is 0. The van der Waals surface area contributed by atoms with Crippen LogP contribution in [0.25, 0.3) is 0 Å². The maximum absolute atomic E-state index is 13.1. The van der Waals surface area contributed by atoms with Gasteiger partial charge in [-0.25, -0.2) is 14.4 Å². The lowest BCUT2D eigenvalue weighted by molar-refractivity contribution is -0.142. The first-order valence-electron chi connectivity index (χ1n) is 14.4. The molecule has 2 aliphatic rings. The van der Waals surface area contributed by atoms with Crippen molar-refractivity contribution < 1.29 is 44.4 Å². The van der Waals surface area contributed by atoms with Gasteiger partial charge in [0.25, 0.3) is 0 Å². The Kier molecular flexibility index (Phi) is 14.7. The van der Waals surface area contributed by atoms with E-state index in [0.717, 1.165) is 6.34 Å². The van der Waals surface area contributed by atoms with Crippen LogP contribution in [0, 0.1) is 17.3 Å². The molecule has 1 saturated carbocycles. The Morgan fingerprint density at radius 2 is 1.84 bits per heavy atom. The molecule has 14 nitrogen and oxygen atoms in total. The van der Waals surface area contributed by atoms with Gasteiger partial charge in [0.1, 0.15) is 17.5 Å². The third-order valence-corrected chi connectivity index (χ3v) is 9.86. The predicted octanol–water partition coefficient (Wildman–Crippen LogP) is 0.974. The summed E-state index contributed by atoms with van der Waals surface area (Å²) in [5.74, 6) is -4.99. The highest BCUT2D eigenvalue weighted by atomic mass is 32.2. The minimum absolute atomic E-state index is 0.0471. The summed E-state index contributed by atoms with van der Waals surface area (Å²) in [5.41, 5.74) is 4.84. The molecule has 0 aromatic heterocycles. The van der Waals surface area contributed by atoms with Crippen LogP contribution in [0.15, 0.2) is 21.8 Å². The number of hydrogen-bond donors (Lipinski definition) is 7. The topological polar surface area (TPSA) is 241 Å². The second-order valence-corrected chi connectivity index (χ2v) is 13.9. The highest BCUT2D eigenvalue weighted by molar-refractivity contribution is 8.00. The van der Waals surface area contributed by atoms with E-state index in [1.54, 1.807) is 0 Å². The number of nitrogens with zero attached hydrogens (tertiary/aromatic N) is 2. The molecule has 8 N–H and O–H groups in total. The number of carboxylic acid groups (broad SMARTS) is 3. The largest absolute Gasteiger partial charge is 0.480 e. The van der Waals surface area contributed by atoms with Gasteiger partial charge in [-0.05, 0) is 50.2 Å². The molecule has 2 rings (SSSR count). The Labute approximate surface area is 264 Å².